The molecule has 0 aromatic carbocycles. The van der Waals surface area contributed by atoms with Crippen molar-refractivity contribution in [3.05, 3.63) is 0 Å². The van der Waals surface area contributed by atoms with Crippen molar-refractivity contribution < 1.29 is 21.6 Å². The Kier molecular flexibility index (Phi) is 4.79. The molecule has 0 heterocycles. The standard InChI is InChI=1S/C9H17F3N2O2S/c1-2-17(15,16)13-6-5-8(9(10,11)12)14-7-3-4-7/h7-8,13-14H,2-6H2,1H3. The Bertz CT molecular complexity index is 339. The Labute approximate surface area is 99.0 Å². The maximum Gasteiger partial charge on any atom is 0.403 e. The fourth-order valence-corrected chi connectivity index (χ4v) is 1.97. The average Bonchev–Trinajstić information content (AvgIpc) is 2.98. The van der Waals surface area contributed by atoms with Crippen LogP contribution in [0.25, 0.3) is 0 Å². The van der Waals surface area contributed by atoms with Crippen LogP contribution in [0.3, 0.4) is 0 Å². The van der Waals surface area contributed by atoms with Crippen LogP contribution in [0.15, 0.2) is 0 Å². The third-order valence-electron chi connectivity index (χ3n) is 2.54. The van der Waals surface area contributed by atoms with Crippen LogP contribution in [-0.2, 0) is 10.0 Å². The maximum atomic E-state index is 12.6. The van der Waals surface area contributed by atoms with Crippen molar-refractivity contribution in [2.24, 2.45) is 0 Å². The minimum absolute atomic E-state index is 0.0654. The molecular formula is C9H17F3N2O2S. The first kappa shape index (κ1) is 14.7. The molecule has 1 fully saturated rings. The lowest BCUT2D eigenvalue weighted by Gasteiger charge is -2.21. The van der Waals surface area contributed by atoms with Crippen LogP contribution in [0.2, 0.25) is 0 Å². The molecule has 1 saturated carbocycles. The van der Waals surface area contributed by atoms with E-state index in [1.54, 1.807) is 0 Å². The van der Waals surface area contributed by atoms with Gasteiger partial charge in [-0.15, -0.1) is 0 Å². The van der Waals surface area contributed by atoms with Crippen molar-refractivity contribution >= 4 is 10.0 Å². The van der Waals surface area contributed by atoms with Crippen molar-refractivity contribution in [1.82, 2.24) is 10.0 Å². The van der Waals surface area contributed by atoms with Crippen LogP contribution in [0.5, 0.6) is 0 Å². The quantitative estimate of drug-likeness (QED) is 0.728. The van der Waals surface area contributed by atoms with Crippen molar-refractivity contribution in [2.45, 2.75) is 44.4 Å². The van der Waals surface area contributed by atoms with E-state index in [0.29, 0.717) is 0 Å². The van der Waals surface area contributed by atoms with Gasteiger partial charge >= 0.3 is 6.18 Å². The van der Waals surface area contributed by atoms with Gasteiger partial charge in [-0.05, 0) is 26.2 Å². The molecule has 0 aromatic rings. The van der Waals surface area contributed by atoms with E-state index in [-0.39, 0.29) is 24.8 Å². The summed E-state index contributed by atoms with van der Waals surface area (Å²) in [4.78, 5) is 0. The van der Waals surface area contributed by atoms with E-state index in [9.17, 15) is 21.6 Å². The molecule has 1 aliphatic carbocycles. The number of nitrogens with one attached hydrogen (secondary N) is 2. The summed E-state index contributed by atoms with van der Waals surface area (Å²) in [6.45, 7) is 1.24. The summed E-state index contributed by atoms with van der Waals surface area (Å²) in [5, 5.41) is 2.48. The molecular weight excluding hydrogens is 257 g/mol. The minimum Gasteiger partial charge on any atom is -0.303 e. The van der Waals surface area contributed by atoms with Gasteiger partial charge in [0.15, 0.2) is 0 Å². The largest absolute Gasteiger partial charge is 0.403 e. The van der Waals surface area contributed by atoms with Gasteiger partial charge in [-0.2, -0.15) is 13.2 Å². The lowest BCUT2D eigenvalue weighted by Crippen LogP contribution is -2.45. The molecule has 102 valence electrons. The summed E-state index contributed by atoms with van der Waals surface area (Å²) < 4.78 is 62.0. The molecule has 0 aliphatic heterocycles. The van der Waals surface area contributed by atoms with Gasteiger partial charge < -0.3 is 5.32 Å². The highest BCUT2D eigenvalue weighted by atomic mass is 32.2. The zero-order valence-electron chi connectivity index (χ0n) is 9.55. The summed E-state index contributed by atoms with van der Waals surface area (Å²) in [5.41, 5.74) is 0. The Morgan fingerprint density at radius 1 is 1.35 bits per heavy atom. The number of alkyl halides is 3. The molecule has 1 unspecified atom stereocenters. The number of halogens is 3. The molecule has 8 heteroatoms. The van der Waals surface area contributed by atoms with Gasteiger partial charge in [0.25, 0.3) is 0 Å². The second-order valence-corrected chi connectivity index (χ2v) is 6.22. The summed E-state index contributed by atoms with van der Waals surface area (Å²) in [6.07, 6.45) is -3.10. The lowest BCUT2D eigenvalue weighted by molar-refractivity contribution is -0.157. The number of hydrogen-bond donors (Lipinski definition) is 2. The summed E-state index contributed by atoms with van der Waals surface area (Å²) in [6, 6.07) is -1.70. The first-order chi connectivity index (χ1) is 7.74. The molecule has 0 radical (unpaired) electrons. The monoisotopic (exact) mass is 274 g/mol. The van der Waals surface area contributed by atoms with Gasteiger partial charge in [0.1, 0.15) is 6.04 Å². The zero-order valence-corrected chi connectivity index (χ0v) is 10.4. The fourth-order valence-electron chi connectivity index (χ4n) is 1.34. The highest BCUT2D eigenvalue weighted by Crippen LogP contribution is 2.27. The van der Waals surface area contributed by atoms with Gasteiger partial charge in [0, 0.05) is 12.6 Å². The van der Waals surface area contributed by atoms with E-state index in [1.165, 1.54) is 6.92 Å². The number of sulfonamides is 1. The molecule has 1 aliphatic rings. The second-order valence-electron chi connectivity index (χ2n) is 4.12. The summed E-state index contributed by atoms with van der Waals surface area (Å²) in [7, 11) is -3.42. The molecule has 0 bridgehead atoms. The first-order valence-electron chi connectivity index (χ1n) is 5.54. The van der Waals surface area contributed by atoms with Gasteiger partial charge in [-0.3, -0.25) is 0 Å². The van der Waals surface area contributed by atoms with Gasteiger partial charge in [-0.25, -0.2) is 13.1 Å². The predicted octanol–water partition coefficient (Wildman–Crippen LogP) is 0.999. The Morgan fingerprint density at radius 3 is 2.35 bits per heavy atom. The molecule has 4 nitrogen and oxygen atoms in total. The van der Waals surface area contributed by atoms with Crippen LogP contribution >= 0.6 is 0 Å². The fraction of sp³-hybridized carbons (Fsp3) is 1.00. The normalized spacial score (nSPS) is 19.3. The van der Waals surface area contributed by atoms with E-state index < -0.39 is 22.2 Å². The molecule has 0 amide bonds. The van der Waals surface area contributed by atoms with Gasteiger partial charge in [-0.1, -0.05) is 0 Å². The van der Waals surface area contributed by atoms with Crippen molar-refractivity contribution in [2.75, 3.05) is 12.3 Å². The molecule has 17 heavy (non-hydrogen) atoms. The van der Waals surface area contributed by atoms with Crippen molar-refractivity contribution in [1.29, 1.82) is 0 Å². The predicted molar refractivity (Wildman–Crippen MR) is 58.1 cm³/mol. The van der Waals surface area contributed by atoms with Crippen molar-refractivity contribution in [3.63, 3.8) is 0 Å². The van der Waals surface area contributed by atoms with Crippen LogP contribution in [0.1, 0.15) is 26.2 Å². The highest BCUT2D eigenvalue weighted by molar-refractivity contribution is 7.89. The maximum absolute atomic E-state index is 12.6. The SMILES string of the molecule is CCS(=O)(=O)NCCC(NC1CC1)C(F)(F)F. The molecule has 0 spiro atoms. The summed E-state index contributed by atoms with van der Waals surface area (Å²) in [5.74, 6) is -0.125. The van der Waals surface area contributed by atoms with E-state index in [4.69, 9.17) is 0 Å². The minimum atomic E-state index is -4.33. The lowest BCUT2D eigenvalue weighted by atomic mass is 10.2. The van der Waals surface area contributed by atoms with Gasteiger partial charge in [0.05, 0.1) is 5.75 Å². The first-order valence-corrected chi connectivity index (χ1v) is 7.20. The molecule has 2 N–H and O–H groups in total. The highest BCUT2D eigenvalue weighted by Gasteiger charge is 2.41. The Balaban J connectivity index is 2.38. The number of hydrogen-bond acceptors (Lipinski definition) is 3. The molecule has 1 rings (SSSR count). The van der Waals surface area contributed by atoms with Crippen LogP contribution in [-0.4, -0.2) is 39.0 Å². The van der Waals surface area contributed by atoms with Crippen LogP contribution in [0.4, 0.5) is 13.2 Å². The van der Waals surface area contributed by atoms with Crippen LogP contribution in [0, 0.1) is 0 Å². The third-order valence-corrected chi connectivity index (χ3v) is 3.95. The van der Waals surface area contributed by atoms with E-state index in [2.05, 4.69) is 10.0 Å². The number of rotatable bonds is 7. The van der Waals surface area contributed by atoms with E-state index in [0.717, 1.165) is 12.8 Å². The van der Waals surface area contributed by atoms with E-state index in [1.807, 2.05) is 0 Å². The smallest absolute Gasteiger partial charge is 0.303 e. The molecule has 0 saturated heterocycles. The topological polar surface area (TPSA) is 58.2 Å². The van der Waals surface area contributed by atoms with Gasteiger partial charge in [0.2, 0.25) is 10.0 Å². The second kappa shape index (κ2) is 5.53. The van der Waals surface area contributed by atoms with E-state index >= 15 is 0 Å². The Hall–Kier alpha value is -0.340. The Morgan fingerprint density at radius 2 is 1.94 bits per heavy atom. The van der Waals surface area contributed by atoms with Crippen molar-refractivity contribution in [3.8, 4) is 0 Å². The molecule has 0 aromatic heterocycles. The summed E-state index contributed by atoms with van der Waals surface area (Å²) >= 11 is 0. The van der Waals surface area contributed by atoms with Crippen LogP contribution < -0.4 is 10.0 Å². The molecule has 1 atom stereocenters. The third kappa shape index (κ3) is 5.69. The average molecular weight is 274 g/mol. The zero-order chi connectivity index (χ0) is 13.1.